The minimum Gasteiger partial charge on any atom is -0.345 e. The molecule has 0 heterocycles. The van der Waals surface area contributed by atoms with Crippen molar-refractivity contribution in [2.75, 3.05) is 14.1 Å². The van der Waals surface area contributed by atoms with Crippen LogP contribution in [0.25, 0.3) is 0 Å². The van der Waals surface area contributed by atoms with Crippen molar-refractivity contribution < 1.29 is 9.18 Å². The normalized spacial score (nSPS) is 14.0. The maximum atomic E-state index is 14.1. The van der Waals surface area contributed by atoms with E-state index in [2.05, 4.69) is 4.90 Å². The molecule has 0 atom stereocenters. The van der Waals surface area contributed by atoms with E-state index in [0.29, 0.717) is 35.3 Å². The van der Waals surface area contributed by atoms with Crippen LogP contribution in [0.2, 0.25) is 5.02 Å². The Bertz CT molecular complexity index is 754. The van der Waals surface area contributed by atoms with Gasteiger partial charge in [0, 0.05) is 49.4 Å². The van der Waals surface area contributed by atoms with Gasteiger partial charge in [-0.3, -0.25) is 9.69 Å². The quantitative estimate of drug-likeness (QED) is 0.764. The van der Waals surface area contributed by atoms with Gasteiger partial charge in [0.1, 0.15) is 5.82 Å². The first-order valence-corrected chi connectivity index (χ1v) is 8.81. The van der Waals surface area contributed by atoms with Crippen LogP contribution < -0.4 is 0 Å². The number of carbonyl (C=O) groups is 1. The third-order valence-corrected chi connectivity index (χ3v) is 4.81. The summed E-state index contributed by atoms with van der Waals surface area (Å²) in [6, 6.07) is 12.9. The van der Waals surface area contributed by atoms with Crippen molar-refractivity contribution in [2.24, 2.45) is 0 Å². The van der Waals surface area contributed by atoms with Crippen molar-refractivity contribution >= 4 is 17.5 Å². The van der Waals surface area contributed by atoms with Crippen LogP contribution >= 0.6 is 11.6 Å². The van der Waals surface area contributed by atoms with Crippen LogP contribution in [-0.4, -0.2) is 35.8 Å². The molecule has 3 rings (SSSR count). The first kappa shape index (κ1) is 17.9. The second-order valence-corrected chi connectivity index (χ2v) is 7.14. The summed E-state index contributed by atoms with van der Waals surface area (Å²) in [4.78, 5) is 16.0. The van der Waals surface area contributed by atoms with Crippen LogP contribution in [-0.2, 0) is 13.1 Å². The molecule has 5 heteroatoms. The summed E-state index contributed by atoms with van der Waals surface area (Å²) in [5, 5.41) is 0.460. The number of amides is 1. The Morgan fingerprint density at radius 3 is 2.52 bits per heavy atom. The molecule has 2 aromatic carbocycles. The fourth-order valence-electron chi connectivity index (χ4n) is 2.94. The van der Waals surface area contributed by atoms with E-state index < -0.39 is 0 Å². The molecule has 0 unspecified atom stereocenters. The molecule has 0 saturated heterocycles. The van der Waals surface area contributed by atoms with Crippen LogP contribution in [0.5, 0.6) is 0 Å². The van der Waals surface area contributed by atoms with E-state index in [9.17, 15) is 9.18 Å². The zero-order valence-corrected chi connectivity index (χ0v) is 15.3. The van der Waals surface area contributed by atoms with Gasteiger partial charge in [-0.2, -0.15) is 0 Å². The second kappa shape index (κ2) is 7.54. The topological polar surface area (TPSA) is 23.6 Å². The minimum atomic E-state index is -0.269. The highest BCUT2D eigenvalue weighted by atomic mass is 35.5. The van der Waals surface area contributed by atoms with Gasteiger partial charge in [-0.1, -0.05) is 29.8 Å². The molecule has 0 N–H and O–H groups in total. The molecule has 1 aliphatic carbocycles. The Hall–Kier alpha value is -1.91. The van der Waals surface area contributed by atoms with Crippen LogP contribution in [0.15, 0.2) is 42.5 Å². The van der Waals surface area contributed by atoms with E-state index in [1.807, 2.05) is 24.3 Å². The minimum absolute atomic E-state index is 0.0167. The van der Waals surface area contributed by atoms with Crippen LogP contribution in [0, 0.1) is 5.82 Å². The number of hydrogen-bond donors (Lipinski definition) is 0. The van der Waals surface area contributed by atoms with Gasteiger partial charge in [-0.25, -0.2) is 4.39 Å². The van der Waals surface area contributed by atoms with E-state index in [4.69, 9.17) is 11.6 Å². The summed E-state index contributed by atoms with van der Waals surface area (Å²) in [5.74, 6) is -0.286. The number of rotatable bonds is 6. The smallest absolute Gasteiger partial charge is 0.253 e. The van der Waals surface area contributed by atoms with E-state index in [-0.39, 0.29) is 11.7 Å². The maximum absolute atomic E-state index is 14.1. The Labute approximate surface area is 153 Å². The second-order valence-electron chi connectivity index (χ2n) is 6.74. The molecule has 0 radical (unpaired) electrons. The summed E-state index contributed by atoms with van der Waals surface area (Å²) < 4.78 is 14.1. The van der Waals surface area contributed by atoms with E-state index >= 15 is 0 Å². The standard InChI is InChI=1S/C20H22ClFN2O/c1-23(2)20(25)15-6-3-5-14(11-15)12-24(16-9-10-16)13-17-18(21)7-4-8-19(17)22/h3-8,11,16H,9-10,12-13H2,1-2H3. The number of halogens is 2. The summed E-state index contributed by atoms with van der Waals surface area (Å²) in [5.41, 5.74) is 2.26. The number of carbonyl (C=O) groups excluding carboxylic acids is 1. The first-order valence-electron chi connectivity index (χ1n) is 8.43. The predicted molar refractivity (Wildman–Crippen MR) is 98.1 cm³/mol. The van der Waals surface area contributed by atoms with Crippen molar-refractivity contribution in [2.45, 2.75) is 32.0 Å². The first-order chi connectivity index (χ1) is 12.0. The molecular weight excluding hydrogens is 339 g/mol. The fourth-order valence-corrected chi connectivity index (χ4v) is 3.16. The molecule has 0 aromatic heterocycles. The third kappa shape index (κ3) is 4.39. The molecule has 0 spiro atoms. The van der Waals surface area contributed by atoms with Crippen LogP contribution in [0.1, 0.15) is 34.3 Å². The van der Waals surface area contributed by atoms with Crippen molar-refractivity contribution in [3.8, 4) is 0 Å². The lowest BCUT2D eigenvalue weighted by Crippen LogP contribution is -2.26. The van der Waals surface area contributed by atoms with Crippen molar-refractivity contribution in [3.05, 3.63) is 70.0 Å². The lowest BCUT2D eigenvalue weighted by molar-refractivity contribution is 0.0827. The van der Waals surface area contributed by atoms with E-state index in [1.165, 1.54) is 6.07 Å². The molecule has 3 nitrogen and oxygen atoms in total. The molecule has 2 aromatic rings. The van der Waals surface area contributed by atoms with Gasteiger partial charge in [-0.05, 0) is 42.7 Å². The van der Waals surface area contributed by atoms with Crippen molar-refractivity contribution in [3.63, 3.8) is 0 Å². The highest BCUT2D eigenvalue weighted by Crippen LogP contribution is 2.32. The fraction of sp³-hybridized carbons (Fsp3) is 0.350. The molecule has 0 aliphatic heterocycles. The molecule has 25 heavy (non-hydrogen) atoms. The number of benzene rings is 2. The van der Waals surface area contributed by atoms with Gasteiger partial charge >= 0.3 is 0 Å². The zero-order valence-electron chi connectivity index (χ0n) is 14.5. The molecular formula is C20H22ClFN2O. The lowest BCUT2D eigenvalue weighted by Gasteiger charge is -2.23. The summed E-state index contributed by atoms with van der Waals surface area (Å²) in [6.45, 7) is 1.14. The van der Waals surface area contributed by atoms with Gasteiger partial charge < -0.3 is 4.90 Å². The monoisotopic (exact) mass is 360 g/mol. The SMILES string of the molecule is CN(C)C(=O)c1cccc(CN(Cc2c(F)cccc2Cl)C2CC2)c1. The average molecular weight is 361 g/mol. The van der Waals surface area contributed by atoms with Gasteiger partial charge in [0.15, 0.2) is 0 Å². The molecule has 132 valence electrons. The Morgan fingerprint density at radius 2 is 1.88 bits per heavy atom. The summed E-state index contributed by atoms with van der Waals surface area (Å²) >= 11 is 6.19. The zero-order chi connectivity index (χ0) is 18.0. The average Bonchev–Trinajstić information content (AvgIpc) is 3.41. The van der Waals surface area contributed by atoms with Crippen LogP contribution in [0.3, 0.4) is 0 Å². The Balaban J connectivity index is 1.79. The summed E-state index contributed by atoms with van der Waals surface area (Å²) in [6.07, 6.45) is 2.23. The van der Waals surface area contributed by atoms with E-state index in [1.54, 1.807) is 31.1 Å². The summed E-state index contributed by atoms with van der Waals surface area (Å²) in [7, 11) is 3.48. The molecule has 1 saturated carbocycles. The largest absolute Gasteiger partial charge is 0.345 e. The number of nitrogens with zero attached hydrogens (tertiary/aromatic N) is 2. The molecule has 1 aliphatic rings. The highest BCUT2D eigenvalue weighted by molar-refractivity contribution is 6.31. The van der Waals surface area contributed by atoms with Crippen molar-refractivity contribution in [1.29, 1.82) is 0 Å². The maximum Gasteiger partial charge on any atom is 0.253 e. The van der Waals surface area contributed by atoms with E-state index in [0.717, 1.165) is 18.4 Å². The highest BCUT2D eigenvalue weighted by Gasteiger charge is 2.30. The molecule has 1 fully saturated rings. The van der Waals surface area contributed by atoms with Gasteiger partial charge in [-0.15, -0.1) is 0 Å². The van der Waals surface area contributed by atoms with Gasteiger partial charge in [0.25, 0.3) is 5.91 Å². The Morgan fingerprint density at radius 1 is 1.16 bits per heavy atom. The molecule has 0 bridgehead atoms. The third-order valence-electron chi connectivity index (χ3n) is 4.45. The van der Waals surface area contributed by atoms with Gasteiger partial charge in [0.2, 0.25) is 0 Å². The lowest BCUT2D eigenvalue weighted by atomic mass is 10.1. The predicted octanol–water partition coefficient (Wildman–Crippen LogP) is 4.35. The van der Waals surface area contributed by atoms with Crippen LogP contribution in [0.4, 0.5) is 4.39 Å². The number of hydrogen-bond acceptors (Lipinski definition) is 2. The van der Waals surface area contributed by atoms with Crippen molar-refractivity contribution in [1.82, 2.24) is 9.80 Å². The van der Waals surface area contributed by atoms with Gasteiger partial charge in [0.05, 0.1) is 0 Å². The molecule has 1 amide bonds. The Kier molecular flexibility index (Phi) is 5.40.